The average molecular weight is 278 g/mol. The van der Waals surface area contributed by atoms with E-state index in [1.165, 1.54) is 6.07 Å². The minimum Gasteiger partial charge on any atom is -0.478 e. The number of hydrogen-bond donors (Lipinski definition) is 2. The first kappa shape index (κ1) is 14.7. The smallest absolute Gasteiger partial charge is 0.337 e. The monoisotopic (exact) mass is 278 g/mol. The molecule has 5 nitrogen and oxygen atoms in total. The zero-order chi connectivity index (χ0) is 14.5. The van der Waals surface area contributed by atoms with Crippen molar-refractivity contribution in [2.24, 2.45) is 0 Å². The van der Waals surface area contributed by atoms with Crippen molar-refractivity contribution in [2.45, 2.75) is 32.3 Å². The predicted molar refractivity (Wildman–Crippen MR) is 79.3 cm³/mol. The van der Waals surface area contributed by atoms with Crippen LogP contribution in [-0.2, 0) is 4.74 Å². The Kier molecular flexibility index (Phi) is 4.84. The van der Waals surface area contributed by atoms with Gasteiger partial charge in [-0.3, -0.25) is 0 Å². The quantitative estimate of drug-likeness (QED) is 0.809. The van der Waals surface area contributed by atoms with Crippen molar-refractivity contribution in [2.75, 3.05) is 30.3 Å². The van der Waals surface area contributed by atoms with Gasteiger partial charge in [-0.1, -0.05) is 13.0 Å². The van der Waals surface area contributed by atoms with Crippen molar-refractivity contribution < 1.29 is 14.6 Å². The zero-order valence-corrected chi connectivity index (χ0v) is 11.8. The van der Waals surface area contributed by atoms with Crippen LogP contribution in [0.2, 0.25) is 0 Å². The van der Waals surface area contributed by atoms with Crippen molar-refractivity contribution in [1.29, 1.82) is 0 Å². The number of carbonyl (C=O) groups is 1. The Morgan fingerprint density at radius 2 is 2.35 bits per heavy atom. The summed E-state index contributed by atoms with van der Waals surface area (Å²) in [6, 6.07) is 5.16. The molecule has 0 saturated carbocycles. The van der Waals surface area contributed by atoms with Gasteiger partial charge >= 0.3 is 5.97 Å². The second-order valence-corrected chi connectivity index (χ2v) is 5.12. The van der Waals surface area contributed by atoms with Crippen LogP contribution < -0.4 is 10.6 Å². The molecule has 0 aromatic heterocycles. The highest BCUT2D eigenvalue weighted by molar-refractivity contribution is 5.97. The lowest BCUT2D eigenvalue weighted by Gasteiger charge is -2.35. The molecule has 0 spiro atoms. The molecule has 1 atom stereocenters. The maximum Gasteiger partial charge on any atom is 0.337 e. The van der Waals surface area contributed by atoms with E-state index in [0.717, 1.165) is 44.6 Å². The fourth-order valence-corrected chi connectivity index (χ4v) is 2.59. The van der Waals surface area contributed by atoms with Crippen LogP contribution >= 0.6 is 0 Å². The van der Waals surface area contributed by atoms with Crippen molar-refractivity contribution in [3.8, 4) is 0 Å². The topological polar surface area (TPSA) is 75.8 Å². The largest absolute Gasteiger partial charge is 0.478 e. The first-order valence-electron chi connectivity index (χ1n) is 7.11. The van der Waals surface area contributed by atoms with E-state index >= 15 is 0 Å². The first-order chi connectivity index (χ1) is 9.63. The van der Waals surface area contributed by atoms with Gasteiger partial charge in [0, 0.05) is 19.7 Å². The number of aromatic carboxylic acids is 1. The van der Waals surface area contributed by atoms with Gasteiger partial charge in [0.1, 0.15) is 0 Å². The number of nitrogens with two attached hydrogens (primary N) is 1. The molecule has 0 amide bonds. The minimum atomic E-state index is -0.986. The van der Waals surface area contributed by atoms with Crippen LogP contribution in [0.1, 0.15) is 36.5 Å². The summed E-state index contributed by atoms with van der Waals surface area (Å²) in [4.78, 5) is 13.3. The van der Waals surface area contributed by atoms with E-state index in [2.05, 4.69) is 11.8 Å². The standard InChI is InChI=1S/C15H22N2O3/c1-2-9-20-11-5-4-8-17(10-11)13-7-3-6-12(14(13)16)15(18)19/h3,6-7,11H,2,4-5,8-10,16H2,1H3,(H,18,19). The first-order valence-corrected chi connectivity index (χ1v) is 7.11. The Hall–Kier alpha value is -1.75. The fourth-order valence-electron chi connectivity index (χ4n) is 2.59. The maximum absolute atomic E-state index is 11.1. The molecular formula is C15H22N2O3. The van der Waals surface area contributed by atoms with Crippen LogP contribution in [0.25, 0.3) is 0 Å². The summed E-state index contributed by atoms with van der Waals surface area (Å²) in [5.74, 6) is -0.986. The molecule has 110 valence electrons. The van der Waals surface area contributed by atoms with Gasteiger partial charge < -0.3 is 20.5 Å². The third-order valence-electron chi connectivity index (χ3n) is 3.59. The van der Waals surface area contributed by atoms with E-state index in [1.807, 2.05) is 6.07 Å². The maximum atomic E-state index is 11.1. The molecule has 0 aliphatic carbocycles. The van der Waals surface area contributed by atoms with Crippen molar-refractivity contribution in [3.05, 3.63) is 23.8 Å². The van der Waals surface area contributed by atoms with E-state index in [0.29, 0.717) is 5.69 Å². The highest BCUT2D eigenvalue weighted by atomic mass is 16.5. The summed E-state index contributed by atoms with van der Waals surface area (Å²) in [5.41, 5.74) is 7.31. The van der Waals surface area contributed by atoms with Gasteiger partial charge in [-0.05, 0) is 31.4 Å². The highest BCUT2D eigenvalue weighted by Crippen LogP contribution is 2.29. The van der Waals surface area contributed by atoms with Crippen LogP contribution in [0.3, 0.4) is 0 Å². The Morgan fingerprint density at radius 3 is 3.05 bits per heavy atom. The molecule has 1 saturated heterocycles. The SMILES string of the molecule is CCCOC1CCCN(c2cccc(C(=O)O)c2N)C1. The number of piperidine rings is 1. The van der Waals surface area contributed by atoms with Gasteiger partial charge in [0.2, 0.25) is 0 Å². The Morgan fingerprint density at radius 1 is 1.55 bits per heavy atom. The van der Waals surface area contributed by atoms with Crippen LogP contribution in [0.4, 0.5) is 11.4 Å². The third-order valence-corrected chi connectivity index (χ3v) is 3.59. The predicted octanol–water partition coefficient (Wildman–Crippen LogP) is 2.36. The van der Waals surface area contributed by atoms with E-state index in [1.54, 1.807) is 6.07 Å². The van der Waals surface area contributed by atoms with Crippen molar-refractivity contribution >= 4 is 17.3 Å². The van der Waals surface area contributed by atoms with Crippen LogP contribution in [0.5, 0.6) is 0 Å². The number of benzene rings is 1. The lowest BCUT2D eigenvalue weighted by atomic mass is 10.0. The summed E-state index contributed by atoms with van der Waals surface area (Å²) in [6.45, 7) is 4.52. The third kappa shape index (κ3) is 3.22. The number of hydrogen-bond acceptors (Lipinski definition) is 4. The summed E-state index contributed by atoms with van der Waals surface area (Å²) in [7, 11) is 0. The van der Waals surface area contributed by atoms with Crippen LogP contribution in [0, 0.1) is 0 Å². The second-order valence-electron chi connectivity index (χ2n) is 5.12. The summed E-state index contributed by atoms with van der Waals surface area (Å²) < 4.78 is 5.80. The van der Waals surface area contributed by atoms with Crippen molar-refractivity contribution in [1.82, 2.24) is 0 Å². The number of para-hydroxylation sites is 1. The molecule has 1 unspecified atom stereocenters. The normalized spacial score (nSPS) is 19.1. The molecule has 1 aromatic carbocycles. The Balaban J connectivity index is 2.14. The van der Waals surface area contributed by atoms with Gasteiger partial charge in [-0.15, -0.1) is 0 Å². The number of carboxylic acids is 1. The summed E-state index contributed by atoms with van der Waals surface area (Å²) >= 11 is 0. The lowest BCUT2D eigenvalue weighted by Crippen LogP contribution is -2.40. The van der Waals surface area contributed by atoms with Gasteiger partial charge in [0.05, 0.1) is 23.0 Å². The lowest BCUT2D eigenvalue weighted by molar-refractivity contribution is 0.0441. The van der Waals surface area contributed by atoms with Gasteiger partial charge in [-0.2, -0.15) is 0 Å². The Bertz CT molecular complexity index is 476. The molecule has 1 aliphatic rings. The number of anilines is 2. The molecule has 1 aliphatic heterocycles. The molecule has 0 bridgehead atoms. The van der Waals surface area contributed by atoms with E-state index in [4.69, 9.17) is 15.6 Å². The van der Waals surface area contributed by atoms with Crippen LogP contribution in [-0.4, -0.2) is 36.9 Å². The fraction of sp³-hybridized carbons (Fsp3) is 0.533. The number of nitrogen functional groups attached to an aromatic ring is 1. The highest BCUT2D eigenvalue weighted by Gasteiger charge is 2.23. The number of nitrogens with zero attached hydrogens (tertiary/aromatic N) is 1. The Labute approximate surface area is 119 Å². The van der Waals surface area contributed by atoms with Crippen molar-refractivity contribution in [3.63, 3.8) is 0 Å². The van der Waals surface area contributed by atoms with Gasteiger partial charge in [0.25, 0.3) is 0 Å². The van der Waals surface area contributed by atoms with Gasteiger partial charge in [0.15, 0.2) is 0 Å². The molecule has 5 heteroatoms. The minimum absolute atomic E-state index is 0.166. The molecular weight excluding hydrogens is 256 g/mol. The second kappa shape index (κ2) is 6.61. The summed E-state index contributed by atoms with van der Waals surface area (Å²) in [6.07, 6.45) is 3.30. The molecule has 1 fully saturated rings. The van der Waals surface area contributed by atoms with E-state index in [-0.39, 0.29) is 11.7 Å². The molecule has 0 radical (unpaired) electrons. The molecule has 3 N–H and O–H groups in total. The number of rotatable bonds is 5. The van der Waals surface area contributed by atoms with Crippen LogP contribution in [0.15, 0.2) is 18.2 Å². The van der Waals surface area contributed by atoms with E-state index in [9.17, 15) is 4.79 Å². The number of ether oxygens (including phenoxy) is 1. The molecule has 2 rings (SSSR count). The van der Waals surface area contributed by atoms with E-state index < -0.39 is 5.97 Å². The number of carboxylic acid groups (broad SMARTS) is 1. The van der Waals surface area contributed by atoms with Gasteiger partial charge in [-0.25, -0.2) is 4.79 Å². The molecule has 20 heavy (non-hydrogen) atoms. The average Bonchev–Trinajstić information content (AvgIpc) is 2.45. The molecule has 1 heterocycles. The summed E-state index contributed by atoms with van der Waals surface area (Å²) in [5, 5.41) is 9.13. The molecule has 1 aromatic rings. The zero-order valence-electron chi connectivity index (χ0n) is 11.8.